The van der Waals surface area contributed by atoms with Crippen molar-refractivity contribution < 1.29 is 27.9 Å². The van der Waals surface area contributed by atoms with E-state index in [1.165, 1.54) is 6.07 Å². The first-order chi connectivity index (χ1) is 11.2. The van der Waals surface area contributed by atoms with Gasteiger partial charge >= 0.3 is 12.1 Å². The molecule has 128 valence electrons. The summed E-state index contributed by atoms with van der Waals surface area (Å²) in [4.78, 5) is 29.1. The highest BCUT2D eigenvalue weighted by Gasteiger charge is 2.35. The number of carboxylic acids is 1. The second kappa shape index (κ2) is 7.04. The quantitative estimate of drug-likeness (QED) is 0.629. The monoisotopic (exact) mass is 359 g/mol. The highest BCUT2D eigenvalue weighted by atomic mass is 32.2. The van der Waals surface area contributed by atoms with Crippen LogP contribution in [0, 0.1) is 0 Å². The normalized spacial score (nSPS) is 12.8. The van der Waals surface area contributed by atoms with E-state index in [0.717, 1.165) is 18.7 Å². The molecule has 0 saturated heterocycles. The van der Waals surface area contributed by atoms with Crippen LogP contribution in [0.5, 0.6) is 0 Å². The Bertz CT molecular complexity index is 783. The number of thioether (sulfide) groups is 1. The number of carbonyl (C=O) groups is 2. The van der Waals surface area contributed by atoms with E-state index in [4.69, 9.17) is 5.11 Å². The number of aromatic nitrogens is 2. The maximum absolute atomic E-state index is 12.9. The Morgan fingerprint density at radius 3 is 2.54 bits per heavy atom. The van der Waals surface area contributed by atoms with Gasteiger partial charge in [-0.15, -0.1) is 11.8 Å². The molecule has 2 aromatic rings. The van der Waals surface area contributed by atoms with Crippen molar-refractivity contribution in [1.82, 2.24) is 15.3 Å². The molecule has 1 aromatic heterocycles. The zero-order valence-corrected chi connectivity index (χ0v) is 13.1. The van der Waals surface area contributed by atoms with E-state index in [2.05, 4.69) is 15.3 Å². The fraction of sp³-hybridized carbons (Fsp3) is 0.286. The smallest absolute Gasteiger partial charge is 0.451 e. The molecule has 1 amide bonds. The van der Waals surface area contributed by atoms with Crippen LogP contribution in [-0.4, -0.2) is 38.7 Å². The maximum atomic E-state index is 12.9. The molecule has 1 heterocycles. The van der Waals surface area contributed by atoms with Crippen LogP contribution in [0.4, 0.5) is 13.2 Å². The number of amides is 1. The lowest BCUT2D eigenvalue weighted by Gasteiger charge is -2.14. The lowest BCUT2D eigenvalue weighted by Crippen LogP contribution is -2.41. The van der Waals surface area contributed by atoms with Crippen molar-refractivity contribution in [1.29, 1.82) is 0 Å². The lowest BCUT2D eigenvalue weighted by molar-refractivity contribution is -0.145. The minimum atomic E-state index is -4.72. The van der Waals surface area contributed by atoms with E-state index in [1.807, 2.05) is 0 Å². The van der Waals surface area contributed by atoms with Crippen LogP contribution < -0.4 is 5.32 Å². The van der Waals surface area contributed by atoms with E-state index in [9.17, 15) is 22.8 Å². The Hall–Kier alpha value is -2.36. The van der Waals surface area contributed by atoms with Crippen LogP contribution in [0.25, 0.3) is 10.9 Å². The molecule has 0 fully saturated rings. The van der Waals surface area contributed by atoms with Crippen LogP contribution in [0.2, 0.25) is 0 Å². The third-order valence-corrected chi connectivity index (χ3v) is 3.97. The summed E-state index contributed by atoms with van der Waals surface area (Å²) in [5.74, 6) is -3.30. The van der Waals surface area contributed by atoms with Crippen LogP contribution in [0.1, 0.15) is 12.7 Å². The topological polar surface area (TPSA) is 92.2 Å². The minimum Gasteiger partial charge on any atom is -0.480 e. The van der Waals surface area contributed by atoms with Gasteiger partial charge in [0.05, 0.1) is 5.52 Å². The van der Waals surface area contributed by atoms with Crippen LogP contribution in [0.15, 0.2) is 29.3 Å². The Morgan fingerprint density at radius 1 is 1.29 bits per heavy atom. The largest absolute Gasteiger partial charge is 0.480 e. The SMILES string of the molecule is CC(=O)N[C@@H](CSc1nc(C(F)(F)F)nc2ccccc12)C(=O)O. The molecular formula is C14H12F3N3O3S. The van der Waals surface area contributed by atoms with Gasteiger partial charge in [-0.1, -0.05) is 18.2 Å². The second-order valence-electron chi connectivity index (χ2n) is 4.77. The van der Waals surface area contributed by atoms with Gasteiger partial charge in [0.1, 0.15) is 11.1 Å². The molecule has 0 saturated carbocycles. The van der Waals surface area contributed by atoms with Gasteiger partial charge < -0.3 is 10.4 Å². The van der Waals surface area contributed by atoms with Crippen molar-refractivity contribution in [3.63, 3.8) is 0 Å². The Kier molecular flexibility index (Phi) is 5.27. The number of nitrogens with zero attached hydrogens (tertiary/aromatic N) is 2. The van der Waals surface area contributed by atoms with E-state index < -0.39 is 29.9 Å². The van der Waals surface area contributed by atoms with Crippen molar-refractivity contribution in [2.75, 3.05) is 5.75 Å². The summed E-state index contributed by atoms with van der Waals surface area (Å²) in [7, 11) is 0. The number of aliphatic carboxylic acids is 1. The molecule has 10 heteroatoms. The Labute approximate surface area is 138 Å². The van der Waals surface area contributed by atoms with Gasteiger partial charge in [-0.2, -0.15) is 13.2 Å². The number of fused-ring (bicyclic) bond motifs is 1. The zero-order chi connectivity index (χ0) is 17.9. The first kappa shape index (κ1) is 18.0. The molecular weight excluding hydrogens is 347 g/mol. The molecule has 0 radical (unpaired) electrons. The number of nitrogens with one attached hydrogen (secondary N) is 1. The van der Waals surface area contributed by atoms with Gasteiger partial charge in [-0.3, -0.25) is 4.79 Å². The highest BCUT2D eigenvalue weighted by molar-refractivity contribution is 7.99. The number of carbonyl (C=O) groups excluding carboxylic acids is 1. The lowest BCUT2D eigenvalue weighted by atomic mass is 10.2. The maximum Gasteiger partial charge on any atom is 0.451 e. The average Bonchev–Trinajstić information content (AvgIpc) is 2.49. The summed E-state index contributed by atoms with van der Waals surface area (Å²) in [6.45, 7) is 1.16. The first-order valence-electron chi connectivity index (χ1n) is 6.65. The first-order valence-corrected chi connectivity index (χ1v) is 7.63. The van der Waals surface area contributed by atoms with Crippen LogP contribution >= 0.6 is 11.8 Å². The van der Waals surface area contributed by atoms with E-state index in [0.29, 0.717) is 5.39 Å². The van der Waals surface area contributed by atoms with Crippen LogP contribution in [0.3, 0.4) is 0 Å². The van der Waals surface area contributed by atoms with Crippen molar-refractivity contribution in [3.8, 4) is 0 Å². The van der Waals surface area contributed by atoms with Gasteiger partial charge in [0.15, 0.2) is 0 Å². The minimum absolute atomic E-state index is 0.00419. The van der Waals surface area contributed by atoms with Crippen molar-refractivity contribution in [2.24, 2.45) is 0 Å². The number of carboxylic acid groups (broad SMARTS) is 1. The molecule has 2 N–H and O–H groups in total. The molecule has 6 nitrogen and oxygen atoms in total. The summed E-state index contributed by atoms with van der Waals surface area (Å²) in [6.07, 6.45) is -4.72. The molecule has 0 spiro atoms. The molecule has 1 aromatic carbocycles. The molecule has 24 heavy (non-hydrogen) atoms. The Balaban J connectivity index is 2.36. The fourth-order valence-electron chi connectivity index (χ4n) is 1.87. The summed E-state index contributed by atoms with van der Waals surface area (Å²) >= 11 is 0.812. The summed E-state index contributed by atoms with van der Waals surface area (Å²) < 4.78 is 38.7. The van der Waals surface area contributed by atoms with Gasteiger partial charge in [0, 0.05) is 18.1 Å². The summed E-state index contributed by atoms with van der Waals surface area (Å²) in [6, 6.07) is 4.88. The molecule has 0 aliphatic rings. The third kappa shape index (κ3) is 4.34. The zero-order valence-electron chi connectivity index (χ0n) is 12.3. The fourth-order valence-corrected chi connectivity index (χ4v) is 2.90. The van der Waals surface area contributed by atoms with E-state index in [-0.39, 0.29) is 16.3 Å². The standard InChI is InChI=1S/C14H12F3N3O3S/c1-7(21)18-10(12(22)23)6-24-11-8-4-2-3-5-9(8)19-13(20-11)14(15,16)17/h2-5,10H,6H2,1H3,(H,18,21)(H,22,23)/t10-/m0/s1. The van der Waals surface area contributed by atoms with Gasteiger partial charge in [0.2, 0.25) is 11.7 Å². The predicted molar refractivity (Wildman–Crippen MR) is 80.5 cm³/mol. The number of benzene rings is 1. The van der Waals surface area contributed by atoms with Crippen molar-refractivity contribution in [2.45, 2.75) is 24.2 Å². The number of alkyl halides is 3. The highest BCUT2D eigenvalue weighted by Crippen LogP contribution is 2.32. The average molecular weight is 359 g/mol. The second-order valence-corrected chi connectivity index (χ2v) is 5.78. The molecule has 2 rings (SSSR count). The molecule has 0 unspecified atom stereocenters. The molecule has 0 bridgehead atoms. The van der Waals surface area contributed by atoms with Gasteiger partial charge in [-0.25, -0.2) is 14.8 Å². The van der Waals surface area contributed by atoms with Crippen LogP contribution in [-0.2, 0) is 15.8 Å². The third-order valence-electron chi connectivity index (χ3n) is 2.88. The van der Waals surface area contributed by atoms with Crippen molar-refractivity contribution in [3.05, 3.63) is 30.1 Å². The number of halogens is 3. The molecule has 0 aliphatic carbocycles. The Morgan fingerprint density at radius 2 is 1.96 bits per heavy atom. The van der Waals surface area contributed by atoms with Gasteiger partial charge in [-0.05, 0) is 6.07 Å². The van der Waals surface area contributed by atoms with E-state index >= 15 is 0 Å². The number of hydrogen-bond acceptors (Lipinski definition) is 5. The van der Waals surface area contributed by atoms with E-state index in [1.54, 1.807) is 18.2 Å². The molecule has 1 atom stereocenters. The summed E-state index contributed by atoms with van der Waals surface area (Å²) in [5, 5.41) is 11.7. The number of hydrogen-bond donors (Lipinski definition) is 2. The number of rotatable bonds is 5. The van der Waals surface area contributed by atoms with Gasteiger partial charge in [0.25, 0.3) is 0 Å². The number of para-hydroxylation sites is 1. The molecule has 0 aliphatic heterocycles. The van der Waals surface area contributed by atoms with Crippen molar-refractivity contribution >= 4 is 34.5 Å². The summed E-state index contributed by atoms with van der Waals surface area (Å²) in [5.41, 5.74) is 0.105. The predicted octanol–water partition coefficient (Wildman–Crippen LogP) is 2.33.